The molecule has 0 saturated carbocycles. The molecule has 27 heavy (non-hydrogen) atoms. The molecule has 2 aromatic rings. The van der Waals surface area contributed by atoms with Gasteiger partial charge in [-0.1, -0.05) is 31.2 Å². The van der Waals surface area contributed by atoms with Crippen molar-refractivity contribution in [3.8, 4) is 5.75 Å². The number of hydrogen-bond acceptors (Lipinski definition) is 4. The van der Waals surface area contributed by atoms with Gasteiger partial charge in [-0.3, -0.25) is 9.10 Å². The number of ether oxygens (including phenoxy) is 1. The average molecular weight is 388 g/mol. The van der Waals surface area contributed by atoms with E-state index in [1.54, 1.807) is 43.3 Å². The second kappa shape index (κ2) is 7.60. The van der Waals surface area contributed by atoms with Gasteiger partial charge >= 0.3 is 0 Å². The molecule has 1 aliphatic rings. The predicted octanol–water partition coefficient (Wildman–Crippen LogP) is 2.79. The van der Waals surface area contributed by atoms with E-state index in [1.807, 2.05) is 19.9 Å². The number of nitrogens with zero attached hydrogens (tertiary/aromatic N) is 1. The molecule has 3 rings (SSSR count). The first-order chi connectivity index (χ1) is 12.8. The minimum absolute atomic E-state index is 0.0672. The second-order valence-electron chi connectivity index (χ2n) is 6.67. The molecule has 0 radical (unpaired) electrons. The number of fused-ring (bicyclic) bond motifs is 1. The molecule has 0 aromatic heterocycles. The van der Waals surface area contributed by atoms with Crippen molar-refractivity contribution in [3.05, 3.63) is 53.6 Å². The van der Waals surface area contributed by atoms with Crippen LogP contribution in [0, 0.1) is 13.8 Å². The highest BCUT2D eigenvalue weighted by atomic mass is 32.2. The van der Waals surface area contributed by atoms with E-state index >= 15 is 0 Å². The van der Waals surface area contributed by atoms with E-state index in [4.69, 9.17) is 4.74 Å². The van der Waals surface area contributed by atoms with Crippen LogP contribution in [0.25, 0.3) is 0 Å². The van der Waals surface area contributed by atoms with Crippen LogP contribution in [0.3, 0.4) is 0 Å². The third-order valence-electron chi connectivity index (χ3n) is 4.49. The van der Waals surface area contributed by atoms with Crippen LogP contribution in [-0.2, 0) is 14.8 Å². The van der Waals surface area contributed by atoms with Crippen LogP contribution in [0.2, 0.25) is 0 Å². The van der Waals surface area contributed by atoms with Crippen LogP contribution < -0.4 is 14.4 Å². The number of nitrogens with one attached hydrogen (secondary N) is 1. The van der Waals surface area contributed by atoms with Gasteiger partial charge in [0.1, 0.15) is 5.75 Å². The van der Waals surface area contributed by atoms with Crippen LogP contribution >= 0.6 is 0 Å². The summed E-state index contributed by atoms with van der Waals surface area (Å²) in [4.78, 5) is 12.7. The number of amides is 1. The predicted molar refractivity (Wildman–Crippen MR) is 105 cm³/mol. The van der Waals surface area contributed by atoms with E-state index in [0.29, 0.717) is 23.5 Å². The van der Waals surface area contributed by atoms with Gasteiger partial charge in [0.15, 0.2) is 6.10 Å². The molecule has 0 spiro atoms. The van der Waals surface area contributed by atoms with Gasteiger partial charge in [-0.05, 0) is 49.6 Å². The molecule has 1 heterocycles. The van der Waals surface area contributed by atoms with Crippen LogP contribution in [-0.4, -0.2) is 33.5 Å². The molecular formula is C20H24N2O4S. The maximum Gasteiger partial charge on any atom is 0.264 e. The maximum absolute atomic E-state index is 13.4. The molecule has 1 aliphatic heterocycles. The van der Waals surface area contributed by atoms with E-state index < -0.39 is 16.1 Å². The molecule has 0 unspecified atom stereocenters. The Morgan fingerprint density at radius 3 is 2.70 bits per heavy atom. The van der Waals surface area contributed by atoms with Gasteiger partial charge in [0.2, 0.25) is 0 Å². The number of sulfonamides is 1. The second-order valence-corrected chi connectivity index (χ2v) is 8.50. The minimum atomic E-state index is -3.84. The molecule has 1 N–H and O–H groups in total. The quantitative estimate of drug-likeness (QED) is 0.855. The third kappa shape index (κ3) is 3.78. The lowest BCUT2D eigenvalue weighted by atomic mass is 10.2. The van der Waals surface area contributed by atoms with Crippen LogP contribution in [0.5, 0.6) is 5.75 Å². The Hall–Kier alpha value is -2.54. The fraction of sp³-hybridized carbons (Fsp3) is 0.350. The van der Waals surface area contributed by atoms with Crippen LogP contribution in [0.4, 0.5) is 5.69 Å². The summed E-state index contributed by atoms with van der Waals surface area (Å²) in [5.74, 6) is 0.0711. The van der Waals surface area contributed by atoms with Crippen molar-refractivity contribution in [1.82, 2.24) is 5.32 Å². The van der Waals surface area contributed by atoms with Crippen molar-refractivity contribution in [2.45, 2.75) is 38.2 Å². The summed E-state index contributed by atoms with van der Waals surface area (Å²) in [5, 5.41) is 2.78. The standard InChI is InChI=1S/C20H24N2O4S/c1-4-11-21-20(23)18-13-22(16-7-5-6-8-17(16)26-18)27(24,25)19-12-14(2)9-10-15(19)3/h5-10,12,18H,4,11,13H2,1-3H3,(H,21,23)/t18-/m0/s1. The van der Waals surface area contributed by atoms with E-state index in [9.17, 15) is 13.2 Å². The Balaban J connectivity index is 2.04. The fourth-order valence-corrected chi connectivity index (χ4v) is 4.82. The molecule has 0 fully saturated rings. The average Bonchev–Trinajstić information content (AvgIpc) is 2.66. The molecule has 2 aromatic carbocycles. The lowest BCUT2D eigenvalue weighted by Gasteiger charge is -2.35. The Bertz CT molecular complexity index is 956. The summed E-state index contributed by atoms with van der Waals surface area (Å²) in [6, 6.07) is 12.2. The Labute approximate surface area is 160 Å². The fourth-order valence-electron chi connectivity index (χ4n) is 3.03. The minimum Gasteiger partial charge on any atom is -0.476 e. The van der Waals surface area contributed by atoms with Gasteiger partial charge in [0.25, 0.3) is 15.9 Å². The van der Waals surface area contributed by atoms with Gasteiger partial charge in [-0.2, -0.15) is 0 Å². The normalized spacial score (nSPS) is 16.4. The zero-order chi connectivity index (χ0) is 19.6. The van der Waals surface area contributed by atoms with Gasteiger partial charge in [0, 0.05) is 6.54 Å². The summed E-state index contributed by atoms with van der Waals surface area (Å²) in [6.45, 7) is 6.03. The lowest BCUT2D eigenvalue weighted by Crippen LogP contribution is -2.50. The van der Waals surface area contributed by atoms with E-state index in [2.05, 4.69) is 5.32 Å². The Morgan fingerprint density at radius 2 is 1.96 bits per heavy atom. The first-order valence-electron chi connectivity index (χ1n) is 8.98. The summed E-state index contributed by atoms with van der Waals surface area (Å²) in [5.41, 5.74) is 1.97. The SMILES string of the molecule is CCCNC(=O)[C@@H]1CN(S(=O)(=O)c2cc(C)ccc2C)c2ccccc2O1. The highest BCUT2D eigenvalue weighted by Crippen LogP contribution is 2.37. The number of carbonyl (C=O) groups is 1. The zero-order valence-corrected chi connectivity index (χ0v) is 16.5. The summed E-state index contributed by atoms with van der Waals surface area (Å²) in [6.07, 6.45) is -0.106. The van der Waals surface area contributed by atoms with Gasteiger partial charge < -0.3 is 10.1 Å². The number of carbonyl (C=O) groups excluding carboxylic acids is 1. The lowest BCUT2D eigenvalue weighted by molar-refractivity contribution is -0.127. The van der Waals surface area contributed by atoms with Crippen molar-refractivity contribution in [1.29, 1.82) is 0 Å². The number of rotatable bonds is 5. The topological polar surface area (TPSA) is 75.7 Å². The largest absolute Gasteiger partial charge is 0.476 e. The van der Waals surface area contributed by atoms with Crippen LogP contribution in [0.1, 0.15) is 24.5 Å². The molecule has 1 atom stereocenters. The number of anilines is 1. The molecule has 7 heteroatoms. The molecule has 1 amide bonds. The summed E-state index contributed by atoms with van der Waals surface area (Å²) in [7, 11) is -3.84. The molecular weight excluding hydrogens is 364 g/mol. The van der Waals surface area contributed by atoms with Crippen molar-refractivity contribution < 1.29 is 17.9 Å². The van der Waals surface area contributed by atoms with Crippen molar-refractivity contribution in [2.24, 2.45) is 0 Å². The number of para-hydroxylation sites is 2. The van der Waals surface area contributed by atoms with Crippen molar-refractivity contribution in [2.75, 3.05) is 17.4 Å². The van der Waals surface area contributed by atoms with Crippen LogP contribution in [0.15, 0.2) is 47.4 Å². The first-order valence-corrected chi connectivity index (χ1v) is 10.4. The molecule has 6 nitrogen and oxygen atoms in total. The Morgan fingerprint density at radius 1 is 1.22 bits per heavy atom. The van der Waals surface area contributed by atoms with E-state index in [0.717, 1.165) is 12.0 Å². The molecule has 0 aliphatic carbocycles. The van der Waals surface area contributed by atoms with Gasteiger partial charge in [-0.15, -0.1) is 0 Å². The third-order valence-corrected chi connectivity index (χ3v) is 6.41. The van der Waals surface area contributed by atoms with E-state index in [-0.39, 0.29) is 17.3 Å². The first kappa shape index (κ1) is 19.2. The molecule has 144 valence electrons. The number of hydrogen-bond donors (Lipinski definition) is 1. The van der Waals surface area contributed by atoms with Gasteiger partial charge in [-0.25, -0.2) is 8.42 Å². The van der Waals surface area contributed by atoms with Gasteiger partial charge in [0.05, 0.1) is 17.1 Å². The zero-order valence-electron chi connectivity index (χ0n) is 15.7. The summed E-state index contributed by atoms with van der Waals surface area (Å²) >= 11 is 0. The number of aryl methyl sites for hydroxylation is 2. The monoisotopic (exact) mass is 388 g/mol. The highest BCUT2D eigenvalue weighted by Gasteiger charge is 2.37. The Kier molecular flexibility index (Phi) is 5.41. The smallest absolute Gasteiger partial charge is 0.264 e. The molecule has 0 bridgehead atoms. The molecule has 0 saturated heterocycles. The van der Waals surface area contributed by atoms with Crippen molar-refractivity contribution in [3.63, 3.8) is 0 Å². The highest BCUT2D eigenvalue weighted by molar-refractivity contribution is 7.93. The number of benzene rings is 2. The summed E-state index contributed by atoms with van der Waals surface area (Å²) < 4.78 is 34.0. The van der Waals surface area contributed by atoms with Crippen molar-refractivity contribution >= 4 is 21.6 Å². The maximum atomic E-state index is 13.4. The van der Waals surface area contributed by atoms with E-state index in [1.165, 1.54) is 4.31 Å².